The van der Waals surface area contributed by atoms with Gasteiger partial charge in [-0.15, -0.1) is 0 Å². The number of halogens is 4. The van der Waals surface area contributed by atoms with E-state index < -0.39 is 34.3 Å². The van der Waals surface area contributed by atoms with Crippen LogP contribution in [-0.2, 0) is 21.2 Å². The van der Waals surface area contributed by atoms with E-state index in [0.29, 0.717) is 23.7 Å². The van der Waals surface area contributed by atoms with Crippen LogP contribution >= 0.6 is 23.2 Å². The molecule has 1 atom stereocenters. The summed E-state index contributed by atoms with van der Waals surface area (Å²) < 4.78 is 67.9. The number of ether oxygens (including phenoxy) is 3. The summed E-state index contributed by atoms with van der Waals surface area (Å²) in [6, 6.07) is 8.39. The van der Waals surface area contributed by atoms with Crippen LogP contribution in [0, 0.1) is 12.8 Å². The van der Waals surface area contributed by atoms with E-state index in [-0.39, 0.29) is 44.8 Å². The summed E-state index contributed by atoms with van der Waals surface area (Å²) in [5, 5.41) is -0.0842. The van der Waals surface area contributed by atoms with Crippen molar-refractivity contribution in [1.29, 1.82) is 0 Å². The summed E-state index contributed by atoms with van der Waals surface area (Å²) in [5.41, 5.74) is 0.797. The number of pyridine rings is 1. The number of hydrogen-bond acceptors (Lipinski definition) is 7. The first-order chi connectivity index (χ1) is 19.3. The summed E-state index contributed by atoms with van der Waals surface area (Å²) >= 11 is 12.5. The minimum absolute atomic E-state index is 0.0332. The van der Waals surface area contributed by atoms with Gasteiger partial charge in [0.25, 0.3) is 5.56 Å². The second-order valence-electron chi connectivity index (χ2n) is 9.60. The highest BCUT2D eigenvalue weighted by atomic mass is 35.5. The lowest BCUT2D eigenvalue weighted by molar-refractivity contribution is -0.0515. The van der Waals surface area contributed by atoms with Gasteiger partial charge in [-0.3, -0.25) is 9.52 Å². The standard InChI is InChI=1S/C27H26Cl2F2N2O7S/c1-14-9-17(5-7-20(14)33-41(2,36)37)26(35)39-22(11-18-19(28)12-32-25(34)24(18)29)16-6-8-21(40-27(30)31)23(10-16)38-13-15-3-4-15/h5-10,12,15,22,27,33H,3-4,11,13H2,1-2H3,(H,32,34). The molecule has 1 aliphatic carbocycles. The molecule has 1 fully saturated rings. The Morgan fingerprint density at radius 1 is 1.15 bits per heavy atom. The Balaban J connectivity index is 1.70. The predicted octanol–water partition coefficient (Wildman–Crippen LogP) is 5.89. The highest BCUT2D eigenvalue weighted by Gasteiger charge is 2.26. The third-order valence-corrected chi connectivity index (χ3v) is 7.53. The van der Waals surface area contributed by atoms with Gasteiger partial charge >= 0.3 is 12.6 Å². The molecule has 1 aliphatic rings. The molecule has 0 radical (unpaired) electrons. The fourth-order valence-corrected chi connectivity index (χ4v) is 5.08. The molecule has 41 heavy (non-hydrogen) atoms. The van der Waals surface area contributed by atoms with Gasteiger partial charge in [0, 0.05) is 18.2 Å². The lowest BCUT2D eigenvalue weighted by atomic mass is 10.0. The second-order valence-corrected chi connectivity index (χ2v) is 12.1. The van der Waals surface area contributed by atoms with E-state index >= 15 is 0 Å². The summed E-state index contributed by atoms with van der Waals surface area (Å²) in [6.07, 6.45) is 2.94. The van der Waals surface area contributed by atoms with Crippen molar-refractivity contribution in [1.82, 2.24) is 4.98 Å². The number of hydrogen-bond donors (Lipinski definition) is 2. The predicted molar refractivity (Wildman–Crippen MR) is 150 cm³/mol. The molecule has 0 bridgehead atoms. The number of rotatable bonds is 12. The SMILES string of the molecule is Cc1cc(C(=O)OC(Cc2c(Cl)c[nH]c(=O)c2Cl)c2ccc(OC(F)F)c(OCC3CC3)c2)ccc1NS(C)(=O)=O. The molecule has 4 rings (SSSR count). The van der Waals surface area contributed by atoms with Crippen molar-refractivity contribution in [2.24, 2.45) is 5.92 Å². The zero-order valence-electron chi connectivity index (χ0n) is 21.9. The van der Waals surface area contributed by atoms with Gasteiger partial charge in [-0.05, 0) is 67.1 Å². The molecule has 1 saturated carbocycles. The van der Waals surface area contributed by atoms with Crippen LogP contribution in [0.4, 0.5) is 14.5 Å². The van der Waals surface area contributed by atoms with Crippen LogP contribution in [-0.4, -0.2) is 38.8 Å². The Morgan fingerprint density at radius 2 is 1.88 bits per heavy atom. The third-order valence-electron chi connectivity index (χ3n) is 6.21. The smallest absolute Gasteiger partial charge is 0.387 e. The zero-order valence-corrected chi connectivity index (χ0v) is 24.2. The number of carbonyl (C=O) groups excluding carboxylic acids is 1. The van der Waals surface area contributed by atoms with Gasteiger partial charge in [0.05, 0.1) is 29.1 Å². The first-order valence-corrected chi connectivity index (χ1v) is 15.0. The number of aromatic nitrogens is 1. The lowest BCUT2D eigenvalue weighted by Crippen LogP contribution is -2.17. The normalized spacial score (nSPS) is 14.0. The minimum Gasteiger partial charge on any atom is -0.489 e. The van der Waals surface area contributed by atoms with Crippen LogP contribution in [0.15, 0.2) is 47.4 Å². The molecule has 1 aromatic heterocycles. The highest BCUT2D eigenvalue weighted by molar-refractivity contribution is 7.92. The van der Waals surface area contributed by atoms with Crippen LogP contribution < -0.4 is 19.8 Å². The molecule has 1 heterocycles. The Morgan fingerprint density at radius 3 is 2.51 bits per heavy atom. The third kappa shape index (κ3) is 8.34. The monoisotopic (exact) mass is 630 g/mol. The number of nitrogens with one attached hydrogen (secondary N) is 2. The lowest BCUT2D eigenvalue weighted by Gasteiger charge is -2.22. The van der Waals surface area contributed by atoms with Crippen LogP contribution in [0.2, 0.25) is 10.0 Å². The molecule has 2 N–H and O–H groups in total. The van der Waals surface area contributed by atoms with Crippen molar-refractivity contribution >= 4 is 44.9 Å². The quantitative estimate of drug-likeness (QED) is 0.239. The Kier molecular flexibility index (Phi) is 9.45. The summed E-state index contributed by atoms with van der Waals surface area (Å²) in [5.74, 6) is -0.629. The topological polar surface area (TPSA) is 124 Å². The van der Waals surface area contributed by atoms with E-state index in [2.05, 4.69) is 14.4 Å². The van der Waals surface area contributed by atoms with Crippen LogP contribution in [0.3, 0.4) is 0 Å². The van der Waals surface area contributed by atoms with Gasteiger partial charge in [0.1, 0.15) is 11.1 Å². The molecule has 2 aromatic carbocycles. The molecular formula is C27H26Cl2F2N2O7S. The molecule has 1 unspecified atom stereocenters. The van der Waals surface area contributed by atoms with Gasteiger partial charge in [-0.25, -0.2) is 13.2 Å². The van der Waals surface area contributed by atoms with E-state index in [0.717, 1.165) is 19.1 Å². The van der Waals surface area contributed by atoms with Crippen molar-refractivity contribution in [3.05, 3.63) is 85.2 Å². The number of aromatic amines is 1. The maximum absolute atomic E-state index is 13.3. The molecule has 3 aromatic rings. The van der Waals surface area contributed by atoms with Gasteiger partial charge < -0.3 is 19.2 Å². The van der Waals surface area contributed by atoms with E-state index in [1.165, 1.54) is 42.6 Å². The number of benzene rings is 2. The van der Waals surface area contributed by atoms with Crippen molar-refractivity contribution in [2.45, 2.75) is 38.9 Å². The average Bonchev–Trinajstić information content (AvgIpc) is 3.72. The molecule has 0 saturated heterocycles. The van der Waals surface area contributed by atoms with Gasteiger partial charge in [0.2, 0.25) is 10.0 Å². The fourth-order valence-electron chi connectivity index (χ4n) is 3.95. The first-order valence-electron chi connectivity index (χ1n) is 12.4. The van der Waals surface area contributed by atoms with Crippen LogP contribution in [0.5, 0.6) is 11.5 Å². The Labute approximate surface area is 244 Å². The number of sulfonamides is 1. The van der Waals surface area contributed by atoms with E-state index in [4.69, 9.17) is 32.7 Å². The number of carbonyl (C=O) groups is 1. The maximum atomic E-state index is 13.3. The first kappa shape index (κ1) is 30.6. The number of aryl methyl sites for hydroxylation is 1. The summed E-state index contributed by atoms with van der Waals surface area (Å²) in [4.78, 5) is 27.8. The number of anilines is 1. The van der Waals surface area contributed by atoms with Crippen molar-refractivity contribution in [3.8, 4) is 11.5 Å². The van der Waals surface area contributed by atoms with Gasteiger partial charge in [-0.1, -0.05) is 29.3 Å². The number of alkyl halides is 2. The molecule has 9 nitrogen and oxygen atoms in total. The Bertz CT molecular complexity index is 1610. The minimum atomic E-state index is -3.54. The van der Waals surface area contributed by atoms with E-state index in [9.17, 15) is 26.8 Å². The molecule has 14 heteroatoms. The fraction of sp³-hybridized carbons (Fsp3) is 0.333. The summed E-state index contributed by atoms with van der Waals surface area (Å²) in [7, 11) is -3.54. The van der Waals surface area contributed by atoms with Gasteiger partial charge in [-0.2, -0.15) is 8.78 Å². The van der Waals surface area contributed by atoms with Crippen LogP contribution in [0.25, 0.3) is 0 Å². The van der Waals surface area contributed by atoms with E-state index in [1.807, 2.05) is 0 Å². The van der Waals surface area contributed by atoms with Crippen molar-refractivity contribution in [2.75, 3.05) is 17.6 Å². The maximum Gasteiger partial charge on any atom is 0.387 e. The zero-order chi connectivity index (χ0) is 29.9. The molecule has 0 amide bonds. The molecule has 0 spiro atoms. The van der Waals surface area contributed by atoms with Crippen LogP contribution in [0.1, 0.15) is 46.0 Å². The number of H-pyrrole nitrogens is 1. The molecule has 220 valence electrons. The van der Waals surface area contributed by atoms with Crippen molar-refractivity contribution in [3.63, 3.8) is 0 Å². The molecule has 0 aliphatic heterocycles. The summed E-state index contributed by atoms with van der Waals surface area (Å²) in [6.45, 7) is -1.18. The van der Waals surface area contributed by atoms with E-state index in [1.54, 1.807) is 6.92 Å². The van der Waals surface area contributed by atoms with Crippen molar-refractivity contribution < 1.29 is 36.2 Å². The van der Waals surface area contributed by atoms with Gasteiger partial charge in [0.15, 0.2) is 11.5 Å². The molecular weight excluding hydrogens is 605 g/mol. The second kappa shape index (κ2) is 12.7. The average molecular weight is 631 g/mol. The largest absolute Gasteiger partial charge is 0.489 e. The Hall–Kier alpha value is -3.35. The highest BCUT2D eigenvalue weighted by Crippen LogP contribution is 2.38. The number of esters is 1.